The van der Waals surface area contributed by atoms with E-state index < -0.39 is 0 Å². The molecule has 0 saturated carbocycles. The molecular formula is C19H19N3O. The van der Waals surface area contributed by atoms with Crippen LogP contribution in [-0.2, 0) is 6.42 Å². The fraction of sp³-hybridized carbons (Fsp3) is 0.316. The number of oxazole rings is 1. The van der Waals surface area contributed by atoms with Gasteiger partial charge in [-0.25, -0.2) is 4.98 Å². The molecule has 0 amide bonds. The predicted octanol–water partition coefficient (Wildman–Crippen LogP) is 3.50. The summed E-state index contributed by atoms with van der Waals surface area (Å²) in [5, 5.41) is 1.38. The highest BCUT2D eigenvalue weighted by Gasteiger charge is 2.35. The Morgan fingerprint density at radius 2 is 2.26 bits per heavy atom. The molecule has 0 fully saturated rings. The molecule has 5 rings (SSSR count). The van der Waals surface area contributed by atoms with Gasteiger partial charge in [-0.15, -0.1) is 0 Å². The zero-order valence-electron chi connectivity index (χ0n) is 13.3. The Balaban J connectivity index is 1.70. The molecule has 4 nitrogen and oxygen atoms in total. The second-order valence-corrected chi connectivity index (χ2v) is 6.76. The molecule has 2 aliphatic rings. The van der Waals surface area contributed by atoms with Gasteiger partial charge in [0.1, 0.15) is 6.26 Å². The van der Waals surface area contributed by atoms with E-state index in [0.717, 1.165) is 24.6 Å². The summed E-state index contributed by atoms with van der Waals surface area (Å²) in [6.45, 7) is 2.92. The Morgan fingerprint density at radius 1 is 1.35 bits per heavy atom. The Labute approximate surface area is 134 Å². The summed E-state index contributed by atoms with van der Waals surface area (Å²) in [4.78, 5) is 10.4. The van der Waals surface area contributed by atoms with Crippen LogP contribution >= 0.6 is 0 Å². The van der Waals surface area contributed by atoms with E-state index >= 15 is 0 Å². The summed E-state index contributed by atoms with van der Waals surface area (Å²) < 4.78 is 5.67. The summed E-state index contributed by atoms with van der Waals surface area (Å²) in [5.74, 6) is 1.04. The van der Waals surface area contributed by atoms with Crippen molar-refractivity contribution in [3.63, 3.8) is 0 Å². The van der Waals surface area contributed by atoms with Crippen molar-refractivity contribution >= 4 is 16.5 Å². The van der Waals surface area contributed by atoms with Gasteiger partial charge >= 0.3 is 0 Å². The average Bonchev–Trinajstić information content (AvgIpc) is 3.16. The normalized spacial score (nSPS) is 23.8. The molecule has 1 aliphatic heterocycles. The van der Waals surface area contributed by atoms with Gasteiger partial charge in [0.25, 0.3) is 0 Å². The first-order chi connectivity index (χ1) is 11.2. The average molecular weight is 305 g/mol. The van der Waals surface area contributed by atoms with Crippen molar-refractivity contribution in [1.29, 1.82) is 0 Å². The number of likely N-dealkylation sites (N-methyl/N-ethyl adjacent to an activating group) is 1. The molecule has 1 aliphatic carbocycles. The number of H-pyrrole nitrogens is 1. The Hall–Kier alpha value is -2.33. The number of hydrogen-bond acceptors (Lipinski definition) is 3. The lowest BCUT2D eigenvalue weighted by Gasteiger charge is -2.39. The Bertz CT molecular complexity index is 933. The van der Waals surface area contributed by atoms with Crippen LogP contribution in [0.3, 0.4) is 0 Å². The molecule has 0 saturated heterocycles. The topological polar surface area (TPSA) is 45.1 Å². The van der Waals surface area contributed by atoms with Crippen molar-refractivity contribution in [3.8, 4) is 0 Å². The van der Waals surface area contributed by atoms with Gasteiger partial charge in [-0.1, -0.05) is 18.2 Å². The minimum Gasteiger partial charge on any atom is -0.448 e. The van der Waals surface area contributed by atoms with Crippen molar-refractivity contribution in [3.05, 3.63) is 59.4 Å². The summed E-state index contributed by atoms with van der Waals surface area (Å²) in [5.41, 5.74) is 6.37. The molecule has 3 heterocycles. The molecule has 2 unspecified atom stereocenters. The number of rotatable bonds is 1. The van der Waals surface area contributed by atoms with Gasteiger partial charge in [0, 0.05) is 29.7 Å². The summed E-state index contributed by atoms with van der Waals surface area (Å²) in [6.07, 6.45) is 7.35. The maximum absolute atomic E-state index is 5.67. The van der Waals surface area contributed by atoms with Crippen molar-refractivity contribution in [1.82, 2.24) is 14.9 Å². The second-order valence-electron chi connectivity index (χ2n) is 6.76. The number of nitrogens with one attached hydrogen (secondary N) is 1. The van der Waals surface area contributed by atoms with Crippen molar-refractivity contribution in [2.45, 2.75) is 25.3 Å². The fourth-order valence-electron chi connectivity index (χ4n) is 4.15. The number of benzene rings is 1. The van der Waals surface area contributed by atoms with Crippen LogP contribution < -0.4 is 0 Å². The molecule has 2 aromatic heterocycles. The van der Waals surface area contributed by atoms with Crippen LogP contribution in [0, 0.1) is 6.92 Å². The van der Waals surface area contributed by atoms with E-state index in [1.807, 2.05) is 6.92 Å². The molecule has 1 aromatic carbocycles. The zero-order valence-corrected chi connectivity index (χ0v) is 13.3. The third-order valence-electron chi connectivity index (χ3n) is 5.22. The Kier molecular flexibility index (Phi) is 2.62. The molecule has 4 heteroatoms. The quantitative estimate of drug-likeness (QED) is 0.748. The van der Waals surface area contributed by atoms with Crippen LogP contribution in [0.25, 0.3) is 16.5 Å². The predicted molar refractivity (Wildman–Crippen MR) is 90.4 cm³/mol. The minimum absolute atomic E-state index is 0.218. The summed E-state index contributed by atoms with van der Waals surface area (Å²) in [6, 6.07) is 6.98. The zero-order chi connectivity index (χ0) is 15.6. The lowest BCUT2D eigenvalue weighted by molar-refractivity contribution is 0.255. The van der Waals surface area contributed by atoms with E-state index in [1.54, 1.807) is 6.26 Å². The monoisotopic (exact) mass is 305 g/mol. The van der Waals surface area contributed by atoms with Gasteiger partial charge in [-0.05, 0) is 43.2 Å². The van der Waals surface area contributed by atoms with Crippen LogP contribution in [0.5, 0.6) is 0 Å². The van der Waals surface area contributed by atoms with Gasteiger partial charge < -0.3 is 9.40 Å². The smallest absolute Gasteiger partial charge is 0.202 e. The molecule has 23 heavy (non-hydrogen) atoms. The van der Waals surface area contributed by atoms with Gasteiger partial charge in [0.05, 0.1) is 11.6 Å². The molecule has 2 atom stereocenters. The SMILES string of the molecule is Cc1coc(C2C=C3c4cccc5[nH]cc(c45)CC3N(C)C2)n1. The molecule has 116 valence electrons. The fourth-order valence-corrected chi connectivity index (χ4v) is 4.15. The van der Waals surface area contributed by atoms with Crippen molar-refractivity contribution in [2.24, 2.45) is 0 Å². The van der Waals surface area contributed by atoms with Crippen LogP contribution in [0.4, 0.5) is 0 Å². The lowest BCUT2D eigenvalue weighted by atomic mass is 9.80. The van der Waals surface area contributed by atoms with Gasteiger partial charge in [-0.3, -0.25) is 4.90 Å². The maximum Gasteiger partial charge on any atom is 0.202 e. The Morgan fingerprint density at radius 3 is 3.09 bits per heavy atom. The number of nitrogens with zero attached hydrogens (tertiary/aromatic N) is 2. The van der Waals surface area contributed by atoms with Gasteiger partial charge in [0.2, 0.25) is 5.89 Å². The molecule has 0 bridgehead atoms. The van der Waals surface area contributed by atoms with Gasteiger partial charge in [0.15, 0.2) is 0 Å². The molecule has 0 spiro atoms. The maximum atomic E-state index is 5.67. The number of aromatic nitrogens is 2. The van der Waals surface area contributed by atoms with Crippen molar-refractivity contribution < 1.29 is 4.42 Å². The first-order valence-corrected chi connectivity index (χ1v) is 8.14. The molecule has 3 aromatic rings. The molecule has 0 radical (unpaired) electrons. The van der Waals surface area contributed by atoms with Crippen molar-refractivity contribution in [2.75, 3.05) is 13.6 Å². The first kappa shape index (κ1) is 13.1. The van der Waals surface area contributed by atoms with Crippen LogP contribution in [-0.4, -0.2) is 34.5 Å². The summed E-state index contributed by atoms with van der Waals surface area (Å²) >= 11 is 0. The van der Waals surface area contributed by atoms with Gasteiger partial charge in [-0.2, -0.15) is 0 Å². The first-order valence-electron chi connectivity index (χ1n) is 8.14. The standard InChI is InChI=1S/C19H19N3O/c1-11-10-23-19(21-11)13-6-15-14-4-3-5-16-18(14)12(8-20-16)7-17(15)22(2)9-13/h3-6,8,10,13,17,20H,7,9H2,1-2H3. The van der Waals surface area contributed by atoms with E-state index in [4.69, 9.17) is 4.42 Å². The molecule has 1 N–H and O–H groups in total. The highest BCUT2D eigenvalue weighted by Crippen LogP contribution is 2.42. The van der Waals surface area contributed by atoms with Crippen LogP contribution in [0.2, 0.25) is 0 Å². The third kappa shape index (κ3) is 1.85. The van der Waals surface area contributed by atoms with Crippen LogP contribution in [0.1, 0.15) is 28.6 Å². The van der Waals surface area contributed by atoms with E-state index in [1.165, 1.54) is 27.6 Å². The van der Waals surface area contributed by atoms with E-state index in [0.29, 0.717) is 6.04 Å². The number of aryl methyl sites for hydroxylation is 1. The largest absolute Gasteiger partial charge is 0.448 e. The highest BCUT2D eigenvalue weighted by atomic mass is 16.3. The lowest BCUT2D eigenvalue weighted by Crippen LogP contribution is -2.41. The van der Waals surface area contributed by atoms with E-state index in [2.05, 4.69) is 52.4 Å². The number of fused-ring (bicyclic) bond motifs is 2. The number of aromatic amines is 1. The van der Waals surface area contributed by atoms with Crippen LogP contribution in [0.15, 0.2) is 41.2 Å². The highest BCUT2D eigenvalue weighted by molar-refractivity contribution is 5.98. The molecular weight excluding hydrogens is 286 g/mol. The number of hydrogen-bond donors (Lipinski definition) is 1. The summed E-state index contributed by atoms with van der Waals surface area (Å²) in [7, 11) is 2.21. The second kappa shape index (κ2) is 4.59. The van der Waals surface area contributed by atoms with E-state index in [-0.39, 0.29) is 5.92 Å². The van der Waals surface area contributed by atoms with E-state index in [9.17, 15) is 0 Å². The minimum atomic E-state index is 0.218. The third-order valence-corrected chi connectivity index (χ3v) is 5.22.